The summed E-state index contributed by atoms with van der Waals surface area (Å²) in [5.41, 5.74) is 2.46. The fraction of sp³-hybridized carbons (Fsp3) is 0.625. The number of piperidine rings is 1. The van der Waals surface area contributed by atoms with Crippen molar-refractivity contribution in [3.63, 3.8) is 0 Å². The highest BCUT2D eigenvalue weighted by Gasteiger charge is 2.18. The third kappa shape index (κ3) is 5.47. The summed E-state index contributed by atoms with van der Waals surface area (Å²) in [5, 5.41) is 4.99. The highest BCUT2D eigenvalue weighted by Crippen LogP contribution is 2.26. The van der Waals surface area contributed by atoms with Crippen LogP contribution in [0.2, 0.25) is 0 Å². The smallest absolute Gasteiger partial charge is 0.133 e. The second-order valence-electron chi connectivity index (χ2n) is 9.05. The van der Waals surface area contributed by atoms with Gasteiger partial charge in [0.15, 0.2) is 0 Å². The van der Waals surface area contributed by atoms with Gasteiger partial charge in [0.05, 0.1) is 5.52 Å². The summed E-state index contributed by atoms with van der Waals surface area (Å²) in [6.07, 6.45) is 3.91. The van der Waals surface area contributed by atoms with E-state index < -0.39 is 0 Å². The molecule has 0 spiro atoms. The fourth-order valence-corrected chi connectivity index (χ4v) is 4.65. The van der Waals surface area contributed by atoms with E-state index in [0.717, 1.165) is 31.7 Å². The molecule has 1 N–H and O–H groups in total. The van der Waals surface area contributed by atoms with Gasteiger partial charge >= 0.3 is 0 Å². The zero-order chi connectivity index (χ0) is 20.1. The van der Waals surface area contributed by atoms with E-state index in [1.165, 1.54) is 68.8 Å². The van der Waals surface area contributed by atoms with Crippen LogP contribution in [-0.4, -0.2) is 74.2 Å². The van der Waals surface area contributed by atoms with Gasteiger partial charge in [-0.1, -0.05) is 25.1 Å². The van der Waals surface area contributed by atoms with E-state index in [9.17, 15) is 0 Å². The number of benzene rings is 1. The monoisotopic (exact) mass is 395 g/mol. The Morgan fingerprint density at radius 1 is 1.00 bits per heavy atom. The molecule has 0 aliphatic carbocycles. The maximum atomic E-state index is 5.07. The first-order valence-corrected chi connectivity index (χ1v) is 11.4. The van der Waals surface area contributed by atoms with E-state index >= 15 is 0 Å². The van der Waals surface area contributed by atoms with Crippen LogP contribution in [0.1, 0.15) is 31.7 Å². The quantitative estimate of drug-likeness (QED) is 0.779. The molecule has 2 saturated heterocycles. The van der Waals surface area contributed by atoms with Gasteiger partial charge in [0.2, 0.25) is 0 Å². The van der Waals surface area contributed by atoms with Gasteiger partial charge in [0.1, 0.15) is 5.82 Å². The van der Waals surface area contributed by atoms with Gasteiger partial charge in [-0.2, -0.15) is 0 Å². The molecule has 1 atom stereocenters. The van der Waals surface area contributed by atoms with Crippen LogP contribution in [0.25, 0.3) is 10.9 Å². The fourth-order valence-electron chi connectivity index (χ4n) is 4.65. The predicted molar refractivity (Wildman–Crippen MR) is 123 cm³/mol. The van der Waals surface area contributed by atoms with Crippen LogP contribution in [0.4, 0.5) is 5.82 Å². The summed E-state index contributed by atoms with van der Waals surface area (Å²) in [4.78, 5) is 12.6. The van der Waals surface area contributed by atoms with Crippen molar-refractivity contribution in [1.29, 1.82) is 0 Å². The first kappa shape index (κ1) is 20.6. The molecule has 5 heteroatoms. The van der Waals surface area contributed by atoms with Gasteiger partial charge in [-0.25, -0.2) is 4.98 Å². The van der Waals surface area contributed by atoms with E-state index in [4.69, 9.17) is 4.98 Å². The zero-order valence-corrected chi connectivity index (χ0v) is 18.2. The molecule has 3 heterocycles. The lowest BCUT2D eigenvalue weighted by molar-refractivity contribution is 0.138. The lowest BCUT2D eigenvalue weighted by atomic mass is 10.1. The van der Waals surface area contributed by atoms with Gasteiger partial charge in [-0.3, -0.25) is 0 Å². The van der Waals surface area contributed by atoms with Gasteiger partial charge in [0.25, 0.3) is 0 Å². The number of aromatic nitrogens is 1. The molecular formula is C24H37N5. The molecule has 2 aliphatic rings. The maximum Gasteiger partial charge on any atom is 0.133 e. The van der Waals surface area contributed by atoms with E-state index in [1.54, 1.807) is 0 Å². The van der Waals surface area contributed by atoms with Crippen molar-refractivity contribution in [2.45, 2.75) is 32.7 Å². The second-order valence-corrected chi connectivity index (χ2v) is 9.05. The molecule has 2 aliphatic heterocycles. The van der Waals surface area contributed by atoms with Crippen LogP contribution >= 0.6 is 0 Å². The number of fused-ring (bicyclic) bond motifs is 1. The number of piperazine rings is 1. The Morgan fingerprint density at radius 2 is 1.76 bits per heavy atom. The maximum absolute atomic E-state index is 5.07. The Bertz CT molecular complexity index is 778. The van der Waals surface area contributed by atoms with Crippen molar-refractivity contribution in [3.8, 4) is 0 Å². The average molecular weight is 396 g/mol. The molecule has 4 rings (SSSR count). The minimum absolute atomic E-state index is 0.658. The minimum Gasteiger partial charge on any atom is -0.356 e. The number of nitrogens with zero attached hydrogens (tertiary/aromatic N) is 4. The number of anilines is 1. The highest BCUT2D eigenvalue weighted by atomic mass is 15.2. The Hall–Kier alpha value is -1.69. The van der Waals surface area contributed by atoms with Crippen molar-refractivity contribution in [2.24, 2.45) is 5.92 Å². The Kier molecular flexibility index (Phi) is 7.01. The summed E-state index contributed by atoms with van der Waals surface area (Å²) < 4.78 is 0. The summed E-state index contributed by atoms with van der Waals surface area (Å²) in [5.74, 6) is 1.85. The van der Waals surface area contributed by atoms with E-state index in [1.807, 2.05) is 0 Å². The molecule has 1 unspecified atom stereocenters. The number of hydrogen-bond donors (Lipinski definition) is 1. The molecule has 5 nitrogen and oxygen atoms in total. The average Bonchev–Trinajstić information content (AvgIpc) is 2.75. The molecule has 0 radical (unpaired) electrons. The molecule has 0 saturated carbocycles. The molecular weight excluding hydrogens is 358 g/mol. The van der Waals surface area contributed by atoms with Crippen LogP contribution in [0, 0.1) is 5.92 Å². The zero-order valence-electron chi connectivity index (χ0n) is 18.2. The molecule has 1 aromatic carbocycles. The normalized spacial score (nSPS) is 20.3. The third-order valence-electron chi connectivity index (χ3n) is 6.41. The van der Waals surface area contributed by atoms with Gasteiger partial charge in [-0.05, 0) is 50.9 Å². The Labute approximate surface area is 176 Å². The SMILES string of the molecule is CC(CNCc1cc2ccccc2nc1N1CCCCC1)CN1CCN(C)CC1. The number of likely N-dealkylation sites (N-methyl/N-ethyl adjacent to an activating group) is 1. The predicted octanol–water partition coefficient (Wildman–Crippen LogP) is 3.20. The summed E-state index contributed by atoms with van der Waals surface area (Å²) in [7, 11) is 2.22. The van der Waals surface area contributed by atoms with E-state index in [2.05, 4.69) is 64.3 Å². The standard InChI is InChI=1S/C24H37N5/c1-20(19-28-14-12-27(2)13-15-28)17-25-18-22-16-21-8-4-5-9-23(21)26-24(22)29-10-6-3-7-11-29/h4-5,8-9,16,20,25H,3,6-7,10-15,17-19H2,1-2H3. The van der Waals surface area contributed by atoms with E-state index in [-0.39, 0.29) is 0 Å². The largest absolute Gasteiger partial charge is 0.356 e. The van der Waals surface area contributed by atoms with Crippen LogP contribution in [-0.2, 0) is 6.54 Å². The molecule has 0 amide bonds. The van der Waals surface area contributed by atoms with Crippen molar-refractivity contribution in [2.75, 3.05) is 64.3 Å². The molecule has 0 bridgehead atoms. The van der Waals surface area contributed by atoms with Crippen molar-refractivity contribution in [3.05, 3.63) is 35.9 Å². The molecule has 1 aromatic heterocycles. The summed E-state index contributed by atoms with van der Waals surface area (Å²) in [6, 6.07) is 10.9. The van der Waals surface area contributed by atoms with Gasteiger partial charge in [-0.15, -0.1) is 0 Å². The van der Waals surface area contributed by atoms with Gasteiger partial charge < -0.3 is 20.0 Å². The Balaban J connectivity index is 1.38. The minimum atomic E-state index is 0.658. The van der Waals surface area contributed by atoms with Crippen LogP contribution in [0.5, 0.6) is 0 Å². The lowest BCUT2D eigenvalue weighted by Gasteiger charge is -2.34. The molecule has 29 heavy (non-hydrogen) atoms. The van der Waals surface area contributed by atoms with Crippen molar-refractivity contribution in [1.82, 2.24) is 20.1 Å². The van der Waals surface area contributed by atoms with Crippen LogP contribution in [0.3, 0.4) is 0 Å². The first-order chi connectivity index (χ1) is 14.2. The van der Waals surface area contributed by atoms with Crippen molar-refractivity contribution < 1.29 is 0 Å². The summed E-state index contributed by atoms with van der Waals surface area (Å²) >= 11 is 0. The van der Waals surface area contributed by atoms with Crippen LogP contribution < -0.4 is 10.2 Å². The second kappa shape index (κ2) is 9.88. The number of rotatable bonds is 7. The number of hydrogen-bond acceptors (Lipinski definition) is 5. The highest BCUT2D eigenvalue weighted by molar-refractivity contribution is 5.81. The number of pyridine rings is 1. The summed E-state index contributed by atoms with van der Waals surface area (Å²) in [6.45, 7) is 12.6. The molecule has 2 aromatic rings. The van der Waals surface area contributed by atoms with Crippen molar-refractivity contribution >= 4 is 16.7 Å². The third-order valence-corrected chi connectivity index (χ3v) is 6.41. The number of nitrogens with one attached hydrogen (secondary N) is 1. The first-order valence-electron chi connectivity index (χ1n) is 11.4. The van der Waals surface area contributed by atoms with Crippen LogP contribution in [0.15, 0.2) is 30.3 Å². The van der Waals surface area contributed by atoms with Gasteiger partial charge in [0, 0.05) is 63.3 Å². The lowest BCUT2D eigenvalue weighted by Crippen LogP contribution is -2.46. The molecule has 158 valence electrons. The molecule has 2 fully saturated rings. The van der Waals surface area contributed by atoms with E-state index in [0.29, 0.717) is 5.92 Å². The topological polar surface area (TPSA) is 34.6 Å². The Morgan fingerprint density at radius 3 is 2.55 bits per heavy atom. The number of para-hydroxylation sites is 1.